The fourth-order valence-electron chi connectivity index (χ4n) is 1.61. The molecule has 2 aromatic heterocycles. The van der Waals surface area contributed by atoms with Crippen LogP contribution in [-0.4, -0.2) is 31.8 Å². The second-order valence-electron chi connectivity index (χ2n) is 4.35. The molecular weight excluding hydrogens is 322 g/mol. The van der Waals surface area contributed by atoms with Crippen molar-refractivity contribution in [3.8, 4) is 0 Å². The van der Waals surface area contributed by atoms with E-state index in [1.807, 2.05) is 0 Å². The highest BCUT2D eigenvalue weighted by Gasteiger charge is 2.23. The van der Waals surface area contributed by atoms with Crippen molar-refractivity contribution in [1.29, 1.82) is 0 Å². The van der Waals surface area contributed by atoms with E-state index in [1.54, 1.807) is 6.92 Å². The van der Waals surface area contributed by atoms with Gasteiger partial charge in [0, 0.05) is 19.3 Å². The predicted octanol–water partition coefficient (Wildman–Crippen LogP) is -0.694. The molecule has 0 amide bonds. The van der Waals surface area contributed by atoms with E-state index in [0.717, 1.165) is 10.9 Å². The summed E-state index contributed by atoms with van der Waals surface area (Å²) < 4.78 is 54.7. The van der Waals surface area contributed by atoms with Gasteiger partial charge in [0.05, 0.1) is 0 Å². The molecule has 0 saturated carbocycles. The first kappa shape index (κ1) is 15.5. The summed E-state index contributed by atoms with van der Waals surface area (Å²) in [6, 6.07) is 1.46. The van der Waals surface area contributed by atoms with Crippen molar-refractivity contribution in [3.63, 3.8) is 0 Å². The summed E-state index contributed by atoms with van der Waals surface area (Å²) >= 11 is 0. The molecule has 0 saturated heterocycles. The third kappa shape index (κ3) is 3.80. The van der Waals surface area contributed by atoms with Crippen molar-refractivity contribution in [1.82, 2.24) is 14.9 Å². The maximum absolute atomic E-state index is 12.0. The molecule has 0 aromatic carbocycles. The van der Waals surface area contributed by atoms with E-state index in [0.29, 0.717) is 5.76 Å². The second-order valence-corrected chi connectivity index (χ2v) is 7.60. The number of hydrogen-bond donors (Lipinski definition) is 2. The second kappa shape index (κ2) is 5.13. The Labute approximate surface area is 121 Å². The lowest BCUT2D eigenvalue weighted by Gasteiger charge is -2.04. The Morgan fingerprint density at radius 1 is 1.38 bits per heavy atom. The summed E-state index contributed by atoms with van der Waals surface area (Å²) in [6.45, 7) is 1.62. The number of aromatic nitrogens is 3. The van der Waals surface area contributed by atoms with Gasteiger partial charge in [-0.3, -0.25) is 9.40 Å². The molecule has 2 rings (SSSR count). The van der Waals surface area contributed by atoms with E-state index >= 15 is 0 Å². The van der Waals surface area contributed by atoms with Crippen LogP contribution in [0, 0.1) is 6.92 Å². The van der Waals surface area contributed by atoms with Gasteiger partial charge in [0.25, 0.3) is 0 Å². The van der Waals surface area contributed by atoms with Gasteiger partial charge in [0.2, 0.25) is 20.0 Å². The Kier molecular flexibility index (Phi) is 3.78. The standard InChI is InChI=1S/C9H13N5O5S2/c1-6-3-7(12-19-6)5-20(15,16)13-9-8(21(10,17)18)4-14(2)11-9/h3-4H,5H2,1-2H3,(H,11,13)(H2,10,17,18). The number of nitrogens with one attached hydrogen (secondary N) is 1. The van der Waals surface area contributed by atoms with Crippen LogP contribution in [0.25, 0.3) is 0 Å². The van der Waals surface area contributed by atoms with Gasteiger partial charge in [-0.15, -0.1) is 0 Å². The zero-order chi connectivity index (χ0) is 15.8. The zero-order valence-corrected chi connectivity index (χ0v) is 12.8. The Morgan fingerprint density at radius 3 is 2.57 bits per heavy atom. The molecule has 0 radical (unpaired) electrons. The highest BCUT2D eigenvalue weighted by molar-refractivity contribution is 7.92. The number of primary sulfonamides is 1. The van der Waals surface area contributed by atoms with Crippen LogP contribution >= 0.6 is 0 Å². The largest absolute Gasteiger partial charge is 0.361 e. The average Bonchev–Trinajstić information content (AvgIpc) is 2.83. The zero-order valence-electron chi connectivity index (χ0n) is 11.1. The highest BCUT2D eigenvalue weighted by Crippen LogP contribution is 2.19. The van der Waals surface area contributed by atoms with Gasteiger partial charge < -0.3 is 4.52 Å². The monoisotopic (exact) mass is 335 g/mol. The lowest BCUT2D eigenvalue weighted by Crippen LogP contribution is -2.19. The van der Waals surface area contributed by atoms with E-state index in [9.17, 15) is 16.8 Å². The third-order valence-electron chi connectivity index (χ3n) is 2.37. The molecule has 21 heavy (non-hydrogen) atoms. The van der Waals surface area contributed by atoms with Gasteiger partial charge >= 0.3 is 0 Å². The minimum absolute atomic E-state index is 0.188. The van der Waals surface area contributed by atoms with Gasteiger partial charge in [0.1, 0.15) is 22.1 Å². The van der Waals surface area contributed by atoms with Crippen molar-refractivity contribution in [3.05, 3.63) is 23.7 Å². The van der Waals surface area contributed by atoms with E-state index in [1.165, 1.54) is 13.1 Å². The molecule has 2 aromatic rings. The van der Waals surface area contributed by atoms with Crippen LogP contribution in [0.5, 0.6) is 0 Å². The van der Waals surface area contributed by atoms with Gasteiger partial charge in [-0.25, -0.2) is 22.0 Å². The number of aryl methyl sites for hydroxylation is 2. The summed E-state index contributed by atoms with van der Waals surface area (Å²) in [5, 5.41) is 12.3. The first-order valence-corrected chi connectivity index (χ1v) is 8.76. The number of nitrogens with zero attached hydrogens (tertiary/aromatic N) is 3. The Bertz CT molecular complexity index is 864. The lowest BCUT2D eigenvalue weighted by atomic mass is 10.4. The summed E-state index contributed by atoms with van der Waals surface area (Å²) in [4.78, 5) is -0.412. The average molecular weight is 335 g/mol. The molecule has 0 aliphatic heterocycles. The van der Waals surface area contributed by atoms with E-state index in [4.69, 9.17) is 9.66 Å². The Hall–Kier alpha value is -1.92. The molecule has 3 N–H and O–H groups in total. The highest BCUT2D eigenvalue weighted by atomic mass is 32.2. The van der Waals surface area contributed by atoms with E-state index in [2.05, 4.69) is 15.0 Å². The van der Waals surface area contributed by atoms with Crippen LogP contribution in [0.15, 0.2) is 21.7 Å². The topological polar surface area (TPSA) is 150 Å². The smallest absolute Gasteiger partial charge is 0.243 e. The van der Waals surface area contributed by atoms with E-state index < -0.39 is 30.7 Å². The van der Waals surface area contributed by atoms with Gasteiger partial charge in [-0.2, -0.15) is 5.10 Å². The van der Waals surface area contributed by atoms with Crippen molar-refractivity contribution >= 4 is 25.9 Å². The quantitative estimate of drug-likeness (QED) is 0.733. The third-order valence-corrected chi connectivity index (χ3v) is 4.46. The Balaban J connectivity index is 2.29. The van der Waals surface area contributed by atoms with Crippen molar-refractivity contribution in [2.75, 3.05) is 4.72 Å². The summed E-state index contributed by atoms with van der Waals surface area (Å²) in [6.07, 6.45) is 1.10. The summed E-state index contributed by atoms with van der Waals surface area (Å²) in [7, 11) is -6.57. The molecule has 0 unspecified atom stereocenters. The van der Waals surface area contributed by atoms with Crippen molar-refractivity contribution in [2.24, 2.45) is 12.2 Å². The summed E-state index contributed by atoms with van der Waals surface area (Å²) in [5.41, 5.74) is 0.188. The summed E-state index contributed by atoms with van der Waals surface area (Å²) in [5.74, 6) is -0.381. The number of anilines is 1. The van der Waals surface area contributed by atoms with Gasteiger partial charge in [-0.1, -0.05) is 5.16 Å². The molecule has 0 spiro atoms. The fourth-order valence-corrected chi connectivity index (χ4v) is 3.38. The van der Waals surface area contributed by atoms with Gasteiger partial charge in [-0.05, 0) is 6.92 Å². The predicted molar refractivity (Wildman–Crippen MR) is 72.1 cm³/mol. The Morgan fingerprint density at radius 2 is 2.05 bits per heavy atom. The molecule has 10 nitrogen and oxygen atoms in total. The van der Waals surface area contributed by atoms with Crippen LogP contribution in [0.4, 0.5) is 5.82 Å². The van der Waals surface area contributed by atoms with Crippen LogP contribution in [0.3, 0.4) is 0 Å². The molecule has 0 fully saturated rings. The first-order chi connectivity index (χ1) is 9.57. The normalized spacial score (nSPS) is 12.5. The number of hydrogen-bond acceptors (Lipinski definition) is 7. The molecule has 0 aliphatic carbocycles. The van der Waals surface area contributed by atoms with Gasteiger partial charge in [0.15, 0.2) is 5.82 Å². The van der Waals surface area contributed by atoms with Crippen molar-refractivity contribution in [2.45, 2.75) is 17.6 Å². The molecule has 0 bridgehead atoms. The molecule has 116 valence electrons. The minimum atomic E-state index is -4.10. The maximum atomic E-state index is 12.0. The molecular formula is C9H13N5O5S2. The first-order valence-electron chi connectivity index (χ1n) is 5.56. The van der Waals surface area contributed by atoms with Crippen LogP contribution < -0.4 is 9.86 Å². The SMILES string of the molecule is Cc1cc(CS(=O)(=O)Nc2nn(C)cc2S(N)(=O)=O)no1. The molecule has 0 aliphatic rings. The lowest BCUT2D eigenvalue weighted by molar-refractivity contribution is 0.392. The molecule has 2 heterocycles. The number of sulfonamides is 2. The van der Waals surface area contributed by atoms with Crippen LogP contribution in [0.1, 0.15) is 11.5 Å². The van der Waals surface area contributed by atoms with Crippen molar-refractivity contribution < 1.29 is 21.4 Å². The fraction of sp³-hybridized carbons (Fsp3) is 0.333. The maximum Gasteiger partial charge on any atom is 0.243 e. The molecule has 12 heteroatoms. The number of rotatable bonds is 5. The number of nitrogens with two attached hydrogens (primary N) is 1. The molecule has 0 atom stereocenters. The minimum Gasteiger partial charge on any atom is -0.361 e. The van der Waals surface area contributed by atoms with Crippen LogP contribution in [-0.2, 0) is 32.8 Å². The van der Waals surface area contributed by atoms with Crippen LogP contribution in [0.2, 0.25) is 0 Å². The van der Waals surface area contributed by atoms with E-state index in [-0.39, 0.29) is 11.5 Å².